The maximum Gasteiger partial charge on any atom is 0.411 e. The first-order valence-electron chi connectivity index (χ1n) is 38.7. The second-order valence-electron chi connectivity index (χ2n) is 28.9. The predicted molar refractivity (Wildman–Crippen MR) is 481 cm³/mol. The Morgan fingerprint density at radius 1 is 0.202 bits per heavy atom. The topological polar surface area (TPSA) is 350 Å². The van der Waals surface area contributed by atoms with Crippen LogP contribution in [0.5, 0.6) is 69.0 Å². The molecule has 15 aromatic carbocycles. The van der Waals surface area contributed by atoms with Gasteiger partial charge in [0, 0.05) is 62.9 Å². The molecule has 31 heteroatoms. The van der Waals surface area contributed by atoms with E-state index in [0.29, 0.717) is 80.1 Å². The van der Waals surface area contributed by atoms with E-state index in [1.165, 1.54) is 70.8 Å². The smallest absolute Gasteiger partial charge is 0.411 e. The van der Waals surface area contributed by atoms with Gasteiger partial charge < -0.3 is 85.8 Å². The summed E-state index contributed by atoms with van der Waals surface area (Å²) in [7, 11) is -3.67. The van der Waals surface area contributed by atoms with Crippen molar-refractivity contribution >= 4 is 66.7 Å². The Morgan fingerprint density at radius 2 is 0.364 bits per heavy atom. The average molecular weight is 1790 g/mol. The number of rotatable bonds is 19. The van der Waals surface area contributed by atoms with Crippen LogP contribution in [0.25, 0.3) is 11.1 Å². The summed E-state index contributed by atoms with van der Waals surface area (Å²) >= 11 is 0. The van der Waals surface area contributed by atoms with Gasteiger partial charge in [-0.15, -0.1) is 0 Å². The van der Waals surface area contributed by atoms with Gasteiger partial charge >= 0.3 is 24.7 Å². The van der Waals surface area contributed by atoms with E-state index in [4.69, 9.17) is 85.8 Å². The van der Waals surface area contributed by atoms with Crippen LogP contribution in [0.2, 0.25) is 0 Å². The zero-order chi connectivity index (χ0) is 93.2. The molecule has 0 aromatic heterocycles. The van der Waals surface area contributed by atoms with Crippen molar-refractivity contribution < 1.29 is 89.5 Å². The maximum absolute atomic E-state index is 14.4. The summed E-state index contributed by atoms with van der Waals surface area (Å²) in [5, 5.41) is 0. The van der Waals surface area contributed by atoms with Gasteiger partial charge in [-0.1, -0.05) is 66.7 Å². The van der Waals surface area contributed by atoms with E-state index in [2.05, 4.69) is 26.0 Å². The number of hydrogen-bond acceptors (Lipinski definition) is 18. The quantitative estimate of drug-likeness (QED) is 0.0265. The molecule has 0 aliphatic rings. The predicted octanol–water partition coefficient (Wildman–Crippen LogP) is 24.9. The van der Waals surface area contributed by atoms with Crippen LogP contribution in [-0.2, 0) is 20.7 Å². The Bertz CT molecular complexity index is 5960. The Hall–Kier alpha value is -15.8. The lowest BCUT2D eigenvalue weighted by Gasteiger charge is -2.38. The van der Waals surface area contributed by atoms with Crippen LogP contribution >= 0.6 is 0 Å². The highest BCUT2D eigenvalue weighted by Crippen LogP contribution is 2.58. The van der Waals surface area contributed by atoms with Crippen molar-refractivity contribution in [1.82, 2.24) is 0 Å². The number of anilines is 10. The molecule has 0 atom stereocenters. The summed E-state index contributed by atoms with van der Waals surface area (Å²) in [6, 6.07) is 86.7. The highest BCUT2D eigenvalue weighted by Gasteiger charge is 2.73. The van der Waals surface area contributed by atoms with Crippen molar-refractivity contribution in [2.75, 3.05) is 57.3 Å². The number of aryl methyl sites for hydroxylation is 2. The molecule has 0 bridgehead atoms. The van der Waals surface area contributed by atoms with E-state index in [0.717, 1.165) is 120 Å². The molecule has 0 unspecified atom stereocenters. The summed E-state index contributed by atoms with van der Waals surface area (Å²) in [6.45, 7) is 4.14. The molecule has 0 aliphatic carbocycles. The molecular weight excluding hydrogens is 1710 g/mol. The van der Waals surface area contributed by atoms with Gasteiger partial charge in [-0.3, -0.25) is 0 Å². The Labute approximate surface area is 734 Å². The fourth-order valence-corrected chi connectivity index (χ4v) is 14.4. The van der Waals surface area contributed by atoms with Gasteiger partial charge in [-0.2, -0.15) is 52.7 Å². The van der Waals surface area contributed by atoms with E-state index in [1.54, 1.807) is 121 Å². The maximum atomic E-state index is 14.4. The number of benzene rings is 15. The first-order valence-corrected chi connectivity index (χ1v) is 40.2. The zero-order valence-electron chi connectivity index (χ0n) is 68.5. The number of alkyl halides is 12. The monoisotopic (exact) mass is 1790 g/mol. The standard InChI is InChI=1S/C27H20F6N2O2.C24H20N2O4S.C18H16N2O2.C15H12F6N2.C14H16N2/c28-26(29,30)25(27(31,32)33,17-1-9-21(10-2-17)36-23-13-5-19(34)6-14-23)18-3-11-22(12-4-18)37-24-15-7-20(35)8-16-24;25-17-1-5-19(6-2-17)29-21-9-13-23(14-10-21)31(27,28)24-15-11-22(12-16-24)30-20-7-3-18(26)4-8-20;19-13-4-8-15(9-5-13)21-17-2-1-3-18(12-17)22-16-10-6-14(20)7-11-16;16-14(17,18)13(15(19,20)21,9-1-5-11(22)6-2-9)10-3-7-12(23)8-4-10;1-9-7-11(15)3-5-13(9)14-6-4-12(16)8-10(14)2/h1-16H,34-35H2;1-16H,25-26H2;1-12H,19-20H2;1-8H,22-23H2;3-8H,15-16H2,1-2H3. The third-order valence-electron chi connectivity index (χ3n) is 19.5. The van der Waals surface area contributed by atoms with E-state index < -0.39 is 67.6 Å². The second kappa shape index (κ2) is 40.0. The summed E-state index contributed by atoms with van der Waals surface area (Å²) in [4.78, 5) is 0.341. The van der Waals surface area contributed by atoms with E-state index in [-0.39, 0.29) is 32.7 Å². The largest absolute Gasteiger partial charge is 0.457 e. The van der Waals surface area contributed by atoms with E-state index in [1.807, 2.05) is 72.8 Å². The minimum atomic E-state index is -5.72. The van der Waals surface area contributed by atoms with Gasteiger partial charge in [0.05, 0.1) is 9.79 Å². The van der Waals surface area contributed by atoms with Gasteiger partial charge in [0.25, 0.3) is 0 Å². The van der Waals surface area contributed by atoms with Crippen molar-refractivity contribution in [2.24, 2.45) is 0 Å². The Kier molecular flexibility index (Phi) is 29.1. The van der Waals surface area contributed by atoms with Crippen LogP contribution in [0.1, 0.15) is 33.4 Å². The fourth-order valence-electron chi connectivity index (χ4n) is 13.1. The molecule has 15 rings (SSSR count). The summed E-state index contributed by atoms with van der Waals surface area (Å²) in [5.74, 6) is 5.84. The lowest BCUT2D eigenvalue weighted by molar-refractivity contribution is -0.290. The molecule has 0 amide bonds. The molecule has 15 aromatic rings. The molecule has 0 saturated heterocycles. The number of nitrogen functional groups attached to an aromatic ring is 10. The molecule has 20 N–H and O–H groups in total. The van der Waals surface area contributed by atoms with Crippen LogP contribution in [0.15, 0.2) is 362 Å². The van der Waals surface area contributed by atoms with Crippen molar-refractivity contribution in [3.63, 3.8) is 0 Å². The number of nitrogens with two attached hydrogens (primary N) is 10. The molecule has 0 aliphatic heterocycles. The summed E-state index contributed by atoms with van der Waals surface area (Å²) in [6.07, 6.45) is -22.7. The molecule has 0 spiro atoms. The van der Waals surface area contributed by atoms with Crippen LogP contribution in [0, 0.1) is 13.8 Å². The van der Waals surface area contributed by atoms with Gasteiger partial charge in [-0.25, -0.2) is 8.42 Å². The first-order chi connectivity index (χ1) is 61.1. The minimum Gasteiger partial charge on any atom is -0.457 e. The van der Waals surface area contributed by atoms with Gasteiger partial charge in [0.15, 0.2) is 0 Å². The van der Waals surface area contributed by atoms with Crippen LogP contribution in [0.3, 0.4) is 0 Å². The second-order valence-corrected chi connectivity index (χ2v) is 30.8. The molecule has 0 radical (unpaired) electrons. The Balaban J connectivity index is 0.000000160. The number of ether oxygens (including phenoxy) is 6. The molecule has 0 fully saturated rings. The van der Waals surface area contributed by atoms with Crippen LogP contribution in [0.4, 0.5) is 110 Å². The van der Waals surface area contributed by atoms with Gasteiger partial charge in [0.1, 0.15) is 69.0 Å². The van der Waals surface area contributed by atoms with Crippen LogP contribution in [-0.4, -0.2) is 33.1 Å². The zero-order valence-corrected chi connectivity index (χ0v) is 69.3. The number of hydrogen-bond donors (Lipinski definition) is 10. The normalized spacial score (nSPS) is 11.6. The Morgan fingerprint density at radius 3 is 0.558 bits per heavy atom. The SMILES string of the molecule is Cc1cc(N)ccc1-c1ccc(N)cc1C.Nc1ccc(C(c2ccc(N)cc2)(C(F)(F)F)C(F)(F)F)cc1.Nc1ccc(Oc2ccc(C(c3ccc(Oc4ccc(N)cc4)cc3)(C(F)(F)F)C(F)(F)F)cc2)cc1.Nc1ccc(Oc2ccc(S(=O)(=O)c3ccc(Oc4ccc(N)cc4)cc3)cc2)cc1.Nc1ccc(Oc2cccc(Oc3ccc(N)cc3)c2)cc1. The van der Waals surface area contributed by atoms with Gasteiger partial charge in [0.2, 0.25) is 20.7 Å². The molecule has 0 heterocycles. The van der Waals surface area contributed by atoms with Crippen molar-refractivity contribution in [1.29, 1.82) is 0 Å². The summed E-state index contributed by atoms with van der Waals surface area (Å²) in [5.41, 5.74) is 53.8. The van der Waals surface area contributed by atoms with Crippen LogP contribution < -0.4 is 85.8 Å². The highest BCUT2D eigenvalue weighted by atomic mass is 32.2. The third kappa shape index (κ3) is 23.6. The third-order valence-corrected chi connectivity index (χ3v) is 21.3. The first kappa shape index (κ1) is 93.9. The molecule has 18 nitrogen and oxygen atoms in total. The van der Waals surface area contributed by atoms with Crippen molar-refractivity contribution in [3.05, 3.63) is 385 Å². The number of sulfone groups is 1. The lowest BCUT2D eigenvalue weighted by Crippen LogP contribution is -2.54. The fraction of sp³-hybridized carbons (Fsp3) is 0.0816. The van der Waals surface area contributed by atoms with E-state index >= 15 is 0 Å². The summed E-state index contributed by atoms with van der Waals surface area (Å²) < 4.78 is 228. The molecule has 664 valence electrons. The molecule has 0 saturated carbocycles. The number of halogens is 12. The average Bonchev–Trinajstić information content (AvgIpc) is 0.720. The minimum absolute atomic E-state index is 0.0546. The van der Waals surface area contributed by atoms with E-state index in [9.17, 15) is 61.1 Å². The highest BCUT2D eigenvalue weighted by molar-refractivity contribution is 7.91. The molecular formula is C98H84F12N10O8S. The van der Waals surface area contributed by atoms with Gasteiger partial charge in [-0.05, 0) is 337 Å². The van der Waals surface area contributed by atoms with Crippen molar-refractivity contribution in [3.8, 4) is 80.1 Å². The molecule has 129 heavy (non-hydrogen) atoms. The van der Waals surface area contributed by atoms with Crippen molar-refractivity contribution in [2.45, 2.75) is 59.2 Å². The lowest BCUT2D eigenvalue weighted by atomic mass is 9.73.